The van der Waals surface area contributed by atoms with E-state index in [0.29, 0.717) is 22.1 Å². The van der Waals surface area contributed by atoms with Crippen molar-refractivity contribution in [3.63, 3.8) is 0 Å². The van der Waals surface area contributed by atoms with Crippen LogP contribution < -0.4 is 19.9 Å². The summed E-state index contributed by atoms with van der Waals surface area (Å²) in [4.78, 5) is 11.2. The zero-order chi connectivity index (χ0) is 22.7. The SMILES string of the molecule is N#CC(=Cc1ccc(OCc2cccc(-c3ccc4c(c3)OCO4)c2Br)c(Cl)c1)C(N)=O. The van der Waals surface area contributed by atoms with Gasteiger partial charge in [-0.25, -0.2) is 0 Å². The van der Waals surface area contributed by atoms with Crippen molar-refractivity contribution in [2.45, 2.75) is 6.61 Å². The van der Waals surface area contributed by atoms with Crippen molar-refractivity contribution < 1.29 is 19.0 Å². The zero-order valence-corrected chi connectivity index (χ0v) is 18.9. The number of halogens is 2. The molecule has 1 aliphatic rings. The molecule has 1 heterocycles. The summed E-state index contributed by atoms with van der Waals surface area (Å²) < 4.78 is 17.7. The van der Waals surface area contributed by atoms with Gasteiger partial charge in [0.15, 0.2) is 11.5 Å². The third-order valence-electron chi connectivity index (χ3n) is 4.80. The molecule has 32 heavy (non-hydrogen) atoms. The molecular weight excluding hydrogens is 496 g/mol. The molecular formula is C24H16BrClN2O4. The smallest absolute Gasteiger partial charge is 0.259 e. The number of nitrogens with two attached hydrogens (primary N) is 1. The van der Waals surface area contributed by atoms with E-state index >= 15 is 0 Å². The summed E-state index contributed by atoms with van der Waals surface area (Å²) in [6.07, 6.45) is 1.38. The van der Waals surface area contributed by atoms with E-state index in [1.807, 2.05) is 36.4 Å². The van der Waals surface area contributed by atoms with E-state index in [1.165, 1.54) is 6.08 Å². The van der Waals surface area contributed by atoms with E-state index in [-0.39, 0.29) is 19.0 Å². The van der Waals surface area contributed by atoms with Crippen molar-refractivity contribution in [2.24, 2.45) is 5.73 Å². The van der Waals surface area contributed by atoms with E-state index in [0.717, 1.165) is 26.9 Å². The van der Waals surface area contributed by atoms with Crippen molar-refractivity contribution in [3.05, 3.63) is 80.8 Å². The molecule has 0 spiro atoms. The van der Waals surface area contributed by atoms with Crippen LogP contribution in [0, 0.1) is 11.3 Å². The number of hydrogen-bond donors (Lipinski definition) is 1. The topological polar surface area (TPSA) is 94.6 Å². The summed E-state index contributed by atoms with van der Waals surface area (Å²) in [5.41, 5.74) is 8.49. The molecule has 1 aliphatic heterocycles. The molecule has 3 aromatic carbocycles. The first kappa shape index (κ1) is 21.8. The molecule has 0 saturated heterocycles. The number of fused-ring (bicyclic) bond motifs is 1. The second-order valence-electron chi connectivity index (χ2n) is 6.86. The zero-order valence-electron chi connectivity index (χ0n) is 16.6. The number of primary amides is 1. The van der Waals surface area contributed by atoms with Crippen molar-refractivity contribution in [2.75, 3.05) is 6.79 Å². The Labute approximate surface area is 197 Å². The highest BCUT2D eigenvalue weighted by Crippen LogP contribution is 2.39. The lowest BCUT2D eigenvalue weighted by Gasteiger charge is -2.13. The molecule has 1 amide bonds. The number of ether oxygens (including phenoxy) is 3. The maximum atomic E-state index is 11.2. The average Bonchev–Trinajstić information content (AvgIpc) is 3.25. The van der Waals surface area contributed by atoms with Gasteiger partial charge in [-0.1, -0.05) is 41.9 Å². The van der Waals surface area contributed by atoms with Gasteiger partial charge in [-0.2, -0.15) is 5.26 Å². The average molecular weight is 512 g/mol. The molecule has 0 radical (unpaired) electrons. The number of carbonyl (C=O) groups excluding carboxylic acids is 1. The van der Waals surface area contributed by atoms with Crippen molar-refractivity contribution in [1.29, 1.82) is 5.26 Å². The van der Waals surface area contributed by atoms with Gasteiger partial charge in [-0.3, -0.25) is 4.79 Å². The van der Waals surface area contributed by atoms with Crippen LogP contribution in [0.2, 0.25) is 5.02 Å². The normalized spacial score (nSPS) is 12.3. The first-order chi connectivity index (χ1) is 15.5. The Morgan fingerprint density at radius 1 is 1.19 bits per heavy atom. The Morgan fingerprint density at radius 2 is 2.00 bits per heavy atom. The third-order valence-corrected chi connectivity index (χ3v) is 6.03. The van der Waals surface area contributed by atoms with Crippen LogP contribution in [0.15, 0.2) is 64.6 Å². The molecule has 0 aromatic heterocycles. The predicted octanol–water partition coefficient (Wildman–Crippen LogP) is 5.47. The summed E-state index contributed by atoms with van der Waals surface area (Å²) in [5, 5.41) is 9.32. The molecule has 0 aliphatic carbocycles. The van der Waals surface area contributed by atoms with E-state index < -0.39 is 5.91 Å². The van der Waals surface area contributed by atoms with E-state index in [4.69, 9.17) is 36.8 Å². The first-order valence-electron chi connectivity index (χ1n) is 9.47. The number of benzene rings is 3. The first-order valence-corrected chi connectivity index (χ1v) is 10.6. The molecule has 6 nitrogen and oxygen atoms in total. The maximum Gasteiger partial charge on any atom is 0.259 e. The monoisotopic (exact) mass is 510 g/mol. The number of nitriles is 1. The number of rotatable bonds is 6. The Kier molecular flexibility index (Phi) is 6.35. The highest BCUT2D eigenvalue weighted by Gasteiger charge is 2.16. The van der Waals surface area contributed by atoms with E-state index in [9.17, 15) is 4.79 Å². The molecule has 8 heteroatoms. The Morgan fingerprint density at radius 3 is 2.75 bits per heavy atom. The lowest BCUT2D eigenvalue weighted by Crippen LogP contribution is -2.12. The van der Waals surface area contributed by atoms with Gasteiger partial charge < -0.3 is 19.9 Å². The van der Waals surface area contributed by atoms with Crippen LogP contribution in [0.1, 0.15) is 11.1 Å². The molecule has 4 rings (SSSR count). The van der Waals surface area contributed by atoms with Gasteiger partial charge in [0.25, 0.3) is 5.91 Å². The van der Waals surface area contributed by atoms with Gasteiger partial charge in [0, 0.05) is 10.0 Å². The lowest BCUT2D eigenvalue weighted by atomic mass is 10.0. The van der Waals surface area contributed by atoms with Crippen LogP contribution in [0.3, 0.4) is 0 Å². The molecule has 0 atom stereocenters. The van der Waals surface area contributed by atoms with Gasteiger partial charge in [-0.05, 0) is 63.0 Å². The number of nitrogens with zero attached hydrogens (tertiary/aromatic N) is 1. The van der Waals surface area contributed by atoms with Gasteiger partial charge in [0.1, 0.15) is 24.0 Å². The second kappa shape index (κ2) is 9.35. The summed E-state index contributed by atoms with van der Waals surface area (Å²) >= 11 is 10.0. The minimum absolute atomic E-state index is 0.154. The molecule has 0 saturated carbocycles. The maximum absolute atomic E-state index is 11.2. The van der Waals surface area contributed by atoms with Crippen LogP contribution >= 0.6 is 27.5 Å². The van der Waals surface area contributed by atoms with Crippen LogP contribution in [0.25, 0.3) is 17.2 Å². The van der Waals surface area contributed by atoms with Gasteiger partial charge >= 0.3 is 0 Å². The number of hydrogen-bond acceptors (Lipinski definition) is 5. The third kappa shape index (κ3) is 4.57. The molecule has 160 valence electrons. The van der Waals surface area contributed by atoms with Gasteiger partial charge in [0.2, 0.25) is 6.79 Å². The van der Waals surface area contributed by atoms with E-state index in [1.54, 1.807) is 24.3 Å². The summed E-state index contributed by atoms with van der Waals surface area (Å²) in [5.74, 6) is 1.13. The largest absolute Gasteiger partial charge is 0.487 e. The van der Waals surface area contributed by atoms with Crippen molar-refractivity contribution in [3.8, 4) is 34.4 Å². The lowest BCUT2D eigenvalue weighted by molar-refractivity contribution is -0.114. The molecule has 2 N–H and O–H groups in total. The molecule has 0 unspecified atom stereocenters. The quantitative estimate of drug-likeness (QED) is 0.350. The van der Waals surface area contributed by atoms with Crippen LogP contribution in [0.5, 0.6) is 17.2 Å². The second-order valence-corrected chi connectivity index (χ2v) is 8.06. The van der Waals surface area contributed by atoms with Crippen LogP contribution in [-0.4, -0.2) is 12.7 Å². The van der Waals surface area contributed by atoms with Gasteiger partial charge in [-0.15, -0.1) is 0 Å². The number of amides is 1. The van der Waals surface area contributed by atoms with Crippen molar-refractivity contribution >= 4 is 39.5 Å². The minimum atomic E-state index is -0.795. The minimum Gasteiger partial charge on any atom is -0.487 e. The Hall–Kier alpha value is -3.47. The highest BCUT2D eigenvalue weighted by molar-refractivity contribution is 9.10. The van der Waals surface area contributed by atoms with E-state index in [2.05, 4.69) is 15.9 Å². The van der Waals surface area contributed by atoms with Gasteiger partial charge in [0.05, 0.1) is 5.02 Å². The fourth-order valence-corrected chi connectivity index (χ4v) is 4.03. The summed E-state index contributed by atoms with van der Waals surface area (Å²) in [7, 11) is 0. The molecule has 0 bridgehead atoms. The highest BCUT2D eigenvalue weighted by atomic mass is 79.9. The Bertz CT molecular complexity index is 1280. The Balaban J connectivity index is 1.53. The molecule has 0 fully saturated rings. The van der Waals surface area contributed by atoms with Crippen LogP contribution in [0.4, 0.5) is 0 Å². The summed E-state index contributed by atoms with van der Waals surface area (Å²) in [6, 6.07) is 18.5. The predicted molar refractivity (Wildman–Crippen MR) is 124 cm³/mol. The fourth-order valence-electron chi connectivity index (χ4n) is 3.18. The van der Waals surface area contributed by atoms with Crippen molar-refractivity contribution in [1.82, 2.24) is 0 Å². The molecule has 3 aromatic rings. The number of carbonyl (C=O) groups is 1. The standard InChI is InChI=1S/C24H16BrClN2O4/c25-23-16(2-1-3-18(23)15-5-7-21-22(10-15)32-13-31-21)12-30-20-6-4-14(9-19(20)26)8-17(11-27)24(28)29/h1-10H,12-13H2,(H2,28,29). The summed E-state index contributed by atoms with van der Waals surface area (Å²) in [6.45, 7) is 0.502. The fraction of sp³-hybridized carbons (Fsp3) is 0.0833. The van der Waals surface area contributed by atoms with Crippen LogP contribution in [-0.2, 0) is 11.4 Å².